The predicted octanol–water partition coefficient (Wildman–Crippen LogP) is 1.68. The molecule has 0 heterocycles. The standard InChI is InChI=1S/C13H21ClN2O4S2/c1-4-11(2)16(21(3,17)18)10-9-15-22(19,20)13-7-5-12(14)6-8-13/h5-8,11,15H,4,9-10H2,1-3H3. The molecule has 0 aliphatic heterocycles. The lowest BCUT2D eigenvalue weighted by molar-refractivity contribution is 0.335. The van der Waals surface area contributed by atoms with Crippen LogP contribution in [0.5, 0.6) is 0 Å². The Morgan fingerprint density at radius 3 is 2.18 bits per heavy atom. The summed E-state index contributed by atoms with van der Waals surface area (Å²) in [4.78, 5) is 0.0892. The first-order valence-electron chi connectivity index (χ1n) is 6.80. The van der Waals surface area contributed by atoms with Crippen LogP contribution in [0.15, 0.2) is 29.2 Å². The van der Waals surface area contributed by atoms with Crippen molar-refractivity contribution in [3.05, 3.63) is 29.3 Å². The van der Waals surface area contributed by atoms with Gasteiger partial charge in [-0.3, -0.25) is 0 Å². The summed E-state index contributed by atoms with van der Waals surface area (Å²) in [6, 6.07) is 5.58. The Hall–Kier alpha value is -0.670. The van der Waals surface area contributed by atoms with Crippen LogP contribution in [0.2, 0.25) is 5.02 Å². The van der Waals surface area contributed by atoms with Crippen molar-refractivity contribution in [2.45, 2.75) is 31.2 Å². The van der Waals surface area contributed by atoms with E-state index >= 15 is 0 Å². The van der Waals surface area contributed by atoms with Gasteiger partial charge in [0.25, 0.3) is 0 Å². The molecule has 1 unspecified atom stereocenters. The third-order valence-corrected chi connectivity index (χ3v) is 6.38. The Balaban J connectivity index is 2.74. The molecule has 1 N–H and O–H groups in total. The molecule has 6 nitrogen and oxygen atoms in total. The van der Waals surface area contributed by atoms with Crippen LogP contribution >= 0.6 is 11.6 Å². The average molecular weight is 369 g/mol. The fourth-order valence-corrected chi connectivity index (χ4v) is 4.28. The van der Waals surface area contributed by atoms with Crippen molar-refractivity contribution in [1.29, 1.82) is 0 Å². The molecule has 0 amide bonds. The molecule has 0 fully saturated rings. The molecule has 0 radical (unpaired) electrons. The minimum atomic E-state index is -3.68. The Morgan fingerprint density at radius 1 is 1.18 bits per heavy atom. The van der Waals surface area contributed by atoms with Crippen LogP contribution < -0.4 is 4.72 Å². The van der Waals surface area contributed by atoms with Crippen LogP contribution in [0, 0.1) is 0 Å². The summed E-state index contributed by atoms with van der Waals surface area (Å²) in [7, 11) is -7.06. The van der Waals surface area contributed by atoms with Gasteiger partial charge in [-0.25, -0.2) is 21.6 Å². The van der Waals surface area contributed by atoms with E-state index < -0.39 is 20.0 Å². The van der Waals surface area contributed by atoms with Crippen molar-refractivity contribution in [2.24, 2.45) is 0 Å². The SMILES string of the molecule is CCC(C)N(CCNS(=O)(=O)c1ccc(Cl)cc1)S(C)(=O)=O. The van der Waals surface area contributed by atoms with Crippen LogP contribution in [0.4, 0.5) is 0 Å². The molecular weight excluding hydrogens is 348 g/mol. The second-order valence-electron chi connectivity index (χ2n) is 4.98. The summed E-state index contributed by atoms with van der Waals surface area (Å²) in [6.45, 7) is 3.75. The van der Waals surface area contributed by atoms with Crippen LogP contribution in [0.1, 0.15) is 20.3 Å². The van der Waals surface area contributed by atoms with Gasteiger partial charge < -0.3 is 0 Å². The van der Waals surface area contributed by atoms with Gasteiger partial charge in [0.15, 0.2) is 0 Å². The summed E-state index contributed by atoms with van der Waals surface area (Å²) in [6.07, 6.45) is 1.77. The molecule has 0 spiro atoms. The first-order valence-corrected chi connectivity index (χ1v) is 10.5. The van der Waals surface area contributed by atoms with Gasteiger partial charge in [-0.15, -0.1) is 0 Å². The largest absolute Gasteiger partial charge is 0.240 e. The summed E-state index contributed by atoms with van der Waals surface area (Å²) in [5.74, 6) is 0. The molecule has 0 aliphatic carbocycles. The molecule has 1 aromatic rings. The van der Waals surface area contributed by atoms with Gasteiger partial charge >= 0.3 is 0 Å². The highest BCUT2D eigenvalue weighted by Crippen LogP contribution is 2.14. The van der Waals surface area contributed by atoms with E-state index in [1.165, 1.54) is 28.6 Å². The molecule has 0 bridgehead atoms. The lowest BCUT2D eigenvalue weighted by Gasteiger charge is -2.25. The highest BCUT2D eigenvalue weighted by molar-refractivity contribution is 7.89. The Morgan fingerprint density at radius 2 is 1.73 bits per heavy atom. The molecule has 126 valence electrons. The smallest absolute Gasteiger partial charge is 0.212 e. The molecule has 9 heteroatoms. The Labute approximate surface area is 137 Å². The minimum Gasteiger partial charge on any atom is -0.212 e. The quantitative estimate of drug-likeness (QED) is 0.756. The molecular formula is C13H21ClN2O4S2. The van der Waals surface area contributed by atoms with E-state index in [9.17, 15) is 16.8 Å². The van der Waals surface area contributed by atoms with E-state index in [1.54, 1.807) is 6.92 Å². The van der Waals surface area contributed by atoms with Gasteiger partial charge in [0.1, 0.15) is 0 Å². The van der Waals surface area contributed by atoms with Gasteiger partial charge in [-0.2, -0.15) is 4.31 Å². The maximum absolute atomic E-state index is 12.1. The van der Waals surface area contributed by atoms with Gasteiger partial charge in [-0.05, 0) is 37.6 Å². The zero-order valence-electron chi connectivity index (χ0n) is 12.8. The molecule has 1 atom stereocenters. The van der Waals surface area contributed by atoms with E-state index in [-0.39, 0.29) is 24.0 Å². The van der Waals surface area contributed by atoms with Gasteiger partial charge in [0.05, 0.1) is 11.2 Å². The van der Waals surface area contributed by atoms with Gasteiger partial charge in [0, 0.05) is 24.2 Å². The Bertz CT molecular complexity index is 687. The molecule has 0 aliphatic rings. The number of rotatable bonds is 8. The first-order chi connectivity index (χ1) is 10.1. The van der Waals surface area contributed by atoms with Crippen molar-refractivity contribution < 1.29 is 16.8 Å². The molecule has 0 aromatic heterocycles. The average Bonchev–Trinajstić information content (AvgIpc) is 2.42. The first kappa shape index (κ1) is 19.4. The zero-order chi connectivity index (χ0) is 17.0. The lowest BCUT2D eigenvalue weighted by Crippen LogP contribution is -2.42. The zero-order valence-corrected chi connectivity index (χ0v) is 15.2. The molecule has 1 rings (SSSR count). The number of sulfonamides is 2. The third-order valence-electron chi connectivity index (χ3n) is 3.26. The summed E-state index contributed by atoms with van der Waals surface area (Å²) in [5, 5.41) is 0.443. The van der Waals surface area contributed by atoms with E-state index in [0.717, 1.165) is 6.26 Å². The van der Waals surface area contributed by atoms with Gasteiger partial charge in [0.2, 0.25) is 20.0 Å². The van der Waals surface area contributed by atoms with E-state index in [0.29, 0.717) is 11.4 Å². The van der Waals surface area contributed by atoms with Crippen LogP contribution in [-0.4, -0.2) is 46.5 Å². The van der Waals surface area contributed by atoms with Crippen molar-refractivity contribution in [3.63, 3.8) is 0 Å². The van der Waals surface area contributed by atoms with Crippen molar-refractivity contribution in [1.82, 2.24) is 9.03 Å². The number of benzene rings is 1. The van der Waals surface area contributed by atoms with Crippen molar-refractivity contribution in [3.8, 4) is 0 Å². The van der Waals surface area contributed by atoms with Crippen LogP contribution in [0.3, 0.4) is 0 Å². The number of nitrogens with one attached hydrogen (secondary N) is 1. The summed E-state index contributed by atoms with van der Waals surface area (Å²) < 4.78 is 51.3. The second kappa shape index (κ2) is 7.74. The number of hydrogen-bond donors (Lipinski definition) is 1. The molecule has 0 saturated carbocycles. The molecule has 1 aromatic carbocycles. The topological polar surface area (TPSA) is 83.6 Å². The van der Waals surface area contributed by atoms with E-state index in [2.05, 4.69) is 4.72 Å². The maximum Gasteiger partial charge on any atom is 0.240 e. The molecule has 0 saturated heterocycles. The predicted molar refractivity (Wildman–Crippen MR) is 87.9 cm³/mol. The van der Waals surface area contributed by atoms with Crippen molar-refractivity contribution in [2.75, 3.05) is 19.3 Å². The summed E-state index contributed by atoms with van der Waals surface area (Å²) >= 11 is 5.72. The number of halogens is 1. The second-order valence-corrected chi connectivity index (χ2v) is 9.12. The van der Waals surface area contributed by atoms with Gasteiger partial charge in [-0.1, -0.05) is 18.5 Å². The highest BCUT2D eigenvalue weighted by atomic mass is 35.5. The third kappa shape index (κ3) is 5.51. The van der Waals surface area contributed by atoms with Crippen LogP contribution in [0.25, 0.3) is 0 Å². The maximum atomic E-state index is 12.1. The molecule has 22 heavy (non-hydrogen) atoms. The normalized spacial score (nSPS) is 14.2. The summed E-state index contributed by atoms with van der Waals surface area (Å²) in [5.41, 5.74) is 0. The fraction of sp³-hybridized carbons (Fsp3) is 0.538. The highest BCUT2D eigenvalue weighted by Gasteiger charge is 2.22. The van der Waals surface area contributed by atoms with Crippen LogP contribution in [-0.2, 0) is 20.0 Å². The fourth-order valence-electron chi connectivity index (χ4n) is 1.90. The van der Waals surface area contributed by atoms with E-state index in [4.69, 9.17) is 11.6 Å². The lowest BCUT2D eigenvalue weighted by atomic mass is 10.2. The number of nitrogens with zero attached hydrogens (tertiary/aromatic N) is 1. The monoisotopic (exact) mass is 368 g/mol. The Kier molecular flexibility index (Phi) is 6.82. The minimum absolute atomic E-state index is 0.00235. The van der Waals surface area contributed by atoms with Crippen molar-refractivity contribution >= 4 is 31.6 Å². The van der Waals surface area contributed by atoms with E-state index in [1.807, 2.05) is 6.92 Å². The number of hydrogen-bond acceptors (Lipinski definition) is 4.